The molecule has 1 aliphatic heterocycles. The maximum absolute atomic E-state index is 11.9. The predicted molar refractivity (Wildman–Crippen MR) is 65.4 cm³/mol. The molecule has 18 heavy (non-hydrogen) atoms. The van der Waals surface area contributed by atoms with Crippen LogP contribution in [-0.4, -0.2) is 22.2 Å². The summed E-state index contributed by atoms with van der Waals surface area (Å²) in [5.41, 5.74) is 1.12. The molecular weight excluding hydrogens is 230 g/mol. The van der Waals surface area contributed by atoms with Crippen LogP contribution < -0.4 is 0 Å². The number of nitrogens with zero attached hydrogens (tertiary/aromatic N) is 1. The number of pyridine rings is 1. The van der Waals surface area contributed by atoms with Gasteiger partial charge in [0.25, 0.3) is 0 Å². The summed E-state index contributed by atoms with van der Waals surface area (Å²) in [5, 5.41) is 9.61. The molecule has 0 amide bonds. The van der Waals surface area contributed by atoms with Crippen molar-refractivity contribution in [2.75, 3.05) is 0 Å². The van der Waals surface area contributed by atoms with E-state index in [1.54, 1.807) is 6.20 Å². The Morgan fingerprint density at radius 2 is 2.06 bits per heavy atom. The largest absolute Gasteiger partial charge is 0.493 e. The summed E-state index contributed by atoms with van der Waals surface area (Å²) in [6, 6.07) is 1.81. The minimum atomic E-state index is -0.419. The van der Waals surface area contributed by atoms with Crippen molar-refractivity contribution in [1.82, 2.24) is 4.98 Å². The van der Waals surface area contributed by atoms with Gasteiger partial charge in [-0.25, -0.2) is 9.78 Å². The molecule has 0 spiro atoms. The van der Waals surface area contributed by atoms with E-state index in [1.807, 2.05) is 6.07 Å². The second-order valence-electron chi connectivity index (χ2n) is 5.21. The van der Waals surface area contributed by atoms with E-state index >= 15 is 0 Å². The van der Waals surface area contributed by atoms with E-state index in [9.17, 15) is 9.90 Å². The topological polar surface area (TPSA) is 59.4 Å². The van der Waals surface area contributed by atoms with Gasteiger partial charge in [0.05, 0.1) is 0 Å². The van der Waals surface area contributed by atoms with Gasteiger partial charge in [0, 0.05) is 12.6 Å². The maximum Gasteiger partial charge on any atom is 0.344 e. The van der Waals surface area contributed by atoms with Crippen LogP contribution in [0.5, 0.6) is 5.88 Å². The lowest BCUT2D eigenvalue weighted by Crippen LogP contribution is -2.35. The Balaban J connectivity index is 1.85. The van der Waals surface area contributed by atoms with Crippen LogP contribution >= 0.6 is 0 Å². The number of esters is 1. The molecule has 4 nitrogen and oxygen atoms in total. The van der Waals surface area contributed by atoms with Gasteiger partial charge in [-0.1, -0.05) is 19.3 Å². The standard InChI is InChI=1S/C14H17NO3/c16-13-12-10(6-7-15-13)8-11(18-14(12)17)9-4-2-1-3-5-9/h6-7,9,11H,1-5,8H2,(H,15,16). The van der Waals surface area contributed by atoms with Crippen LogP contribution in [0.4, 0.5) is 0 Å². The number of carbonyl (C=O) groups excluding carboxylic acids is 1. The average Bonchev–Trinajstić information content (AvgIpc) is 2.39. The zero-order valence-electron chi connectivity index (χ0n) is 10.3. The number of aromatic nitrogens is 1. The smallest absolute Gasteiger partial charge is 0.344 e. The van der Waals surface area contributed by atoms with Crippen molar-refractivity contribution < 1.29 is 14.6 Å². The fourth-order valence-electron chi connectivity index (χ4n) is 3.11. The fourth-order valence-corrected chi connectivity index (χ4v) is 3.11. The first-order chi connectivity index (χ1) is 8.75. The number of rotatable bonds is 1. The molecule has 2 aliphatic rings. The van der Waals surface area contributed by atoms with Gasteiger partial charge in [0.2, 0.25) is 5.88 Å². The normalized spacial score (nSPS) is 24.4. The lowest BCUT2D eigenvalue weighted by Gasteiger charge is -2.33. The molecule has 1 aliphatic carbocycles. The van der Waals surface area contributed by atoms with E-state index in [-0.39, 0.29) is 17.5 Å². The predicted octanol–water partition coefficient (Wildman–Crippen LogP) is 2.45. The number of ether oxygens (including phenoxy) is 1. The fraction of sp³-hybridized carbons (Fsp3) is 0.571. The first-order valence-corrected chi connectivity index (χ1v) is 6.63. The van der Waals surface area contributed by atoms with Crippen LogP contribution in [0.3, 0.4) is 0 Å². The first kappa shape index (κ1) is 11.5. The number of carbonyl (C=O) groups is 1. The molecule has 1 atom stereocenters. The first-order valence-electron chi connectivity index (χ1n) is 6.63. The monoisotopic (exact) mass is 247 g/mol. The molecule has 1 fully saturated rings. The SMILES string of the molecule is O=C1OC(C2CCCCC2)Cc2ccnc(O)c21. The summed E-state index contributed by atoms with van der Waals surface area (Å²) in [4.78, 5) is 15.7. The summed E-state index contributed by atoms with van der Waals surface area (Å²) < 4.78 is 5.49. The summed E-state index contributed by atoms with van der Waals surface area (Å²) >= 11 is 0. The van der Waals surface area contributed by atoms with E-state index < -0.39 is 5.97 Å². The van der Waals surface area contributed by atoms with Crippen LogP contribution in [0.25, 0.3) is 0 Å². The van der Waals surface area contributed by atoms with E-state index in [4.69, 9.17) is 4.74 Å². The minimum Gasteiger partial charge on any atom is -0.493 e. The average molecular weight is 247 g/mol. The highest BCUT2D eigenvalue weighted by Crippen LogP contribution is 2.34. The lowest BCUT2D eigenvalue weighted by atomic mass is 9.81. The Kier molecular flexibility index (Phi) is 2.94. The molecule has 1 N–H and O–H groups in total. The summed E-state index contributed by atoms with van der Waals surface area (Å²) in [5.74, 6) is -0.150. The molecule has 0 aromatic carbocycles. The molecule has 2 heterocycles. The molecule has 1 aromatic heterocycles. The number of aromatic hydroxyl groups is 1. The van der Waals surface area contributed by atoms with Crippen LogP contribution in [0, 0.1) is 5.92 Å². The van der Waals surface area contributed by atoms with Crippen LogP contribution in [0.1, 0.15) is 48.0 Å². The number of hydrogen-bond donors (Lipinski definition) is 1. The van der Waals surface area contributed by atoms with Crippen molar-refractivity contribution >= 4 is 5.97 Å². The van der Waals surface area contributed by atoms with Crippen LogP contribution in [0.15, 0.2) is 12.3 Å². The van der Waals surface area contributed by atoms with E-state index in [2.05, 4.69) is 4.98 Å². The third-order valence-electron chi connectivity index (χ3n) is 4.08. The Bertz CT molecular complexity index is 466. The highest BCUT2D eigenvalue weighted by atomic mass is 16.5. The Hall–Kier alpha value is -1.58. The molecule has 1 saturated carbocycles. The van der Waals surface area contributed by atoms with E-state index in [0.29, 0.717) is 12.3 Å². The van der Waals surface area contributed by atoms with Gasteiger partial charge in [0.15, 0.2) is 0 Å². The lowest BCUT2D eigenvalue weighted by molar-refractivity contribution is 0.00226. The number of cyclic esters (lactones) is 1. The second-order valence-corrected chi connectivity index (χ2v) is 5.21. The Morgan fingerprint density at radius 3 is 2.83 bits per heavy atom. The van der Waals surface area contributed by atoms with Crippen molar-refractivity contribution in [3.63, 3.8) is 0 Å². The van der Waals surface area contributed by atoms with Crippen molar-refractivity contribution in [1.29, 1.82) is 0 Å². The Labute approximate surface area is 106 Å². The van der Waals surface area contributed by atoms with Gasteiger partial charge >= 0.3 is 5.97 Å². The molecule has 0 radical (unpaired) electrons. The molecule has 0 bridgehead atoms. The third-order valence-corrected chi connectivity index (χ3v) is 4.08. The van der Waals surface area contributed by atoms with Gasteiger partial charge < -0.3 is 9.84 Å². The second kappa shape index (κ2) is 4.59. The van der Waals surface area contributed by atoms with Gasteiger partial charge in [-0.05, 0) is 30.4 Å². The van der Waals surface area contributed by atoms with Crippen LogP contribution in [-0.2, 0) is 11.2 Å². The van der Waals surface area contributed by atoms with Crippen LogP contribution in [0.2, 0.25) is 0 Å². The summed E-state index contributed by atoms with van der Waals surface area (Å²) in [6.45, 7) is 0. The molecule has 96 valence electrons. The summed E-state index contributed by atoms with van der Waals surface area (Å²) in [6.07, 6.45) is 8.27. The molecular formula is C14H17NO3. The van der Waals surface area contributed by atoms with Gasteiger partial charge in [0.1, 0.15) is 11.7 Å². The molecule has 1 unspecified atom stereocenters. The Morgan fingerprint density at radius 1 is 1.28 bits per heavy atom. The molecule has 3 rings (SSSR count). The minimum absolute atomic E-state index is 0.0212. The highest BCUT2D eigenvalue weighted by molar-refractivity contribution is 5.94. The van der Waals surface area contributed by atoms with Crippen molar-refractivity contribution in [2.45, 2.75) is 44.6 Å². The zero-order chi connectivity index (χ0) is 12.5. The molecule has 4 heteroatoms. The molecule has 1 aromatic rings. The van der Waals surface area contributed by atoms with E-state index in [1.165, 1.54) is 19.3 Å². The summed E-state index contributed by atoms with van der Waals surface area (Å²) in [7, 11) is 0. The number of fused-ring (bicyclic) bond motifs is 1. The third kappa shape index (κ3) is 1.96. The van der Waals surface area contributed by atoms with Crippen molar-refractivity contribution in [3.8, 4) is 5.88 Å². The van der Waals surface area contributed by atoms with Crippen molar-refractivity contribution in [2.24, 2.45) is 5.92 Å². The van der Waals surface area contributed by atoms with Gasteiger partial charge in [-0.3, -0.25) is 0 Å². The van der Waals surface area contributed by atoms with E-state index in [0.717, 1.165) is 18.4 Å². The quantitative estimate of drug-likeness (QED) is 0.774. The van der Waals surface area contributed by atoms with Gasteiger partial charge in [-0.2, -0.15) is 0 Å². The highest BCUT2D eigenvalue weighted by Gasteiger charge is 2.34. The molecule has 0 saturated heterocycles. The number of hydrogen-bond acceptors (Lipinski definition) is 4. The van der Waals surface area contributed by atoms with Gasteiger partial charge in [-0.15, -0.1) is 0 Å². The zero-order valence-corrected chi connectivity index (χ0v) is 10.3. The van der Waals surface area contributed by atoms with Crippen molar-refractivity contribution in [3.05, 3.63) is 23.4 Å². The maximum atomic E-state index is 11.9.